The van der Waals surface area contributed by atoms with E-state index in [4.69, 9.17) is 24.0 Å². The Hall–Kier alpha value is -0.314. The van der Waals surface area contributed by atoms with Crippen molar-refractivity contribution in [2.75, 3.05) is 6.61 Å². The zero-order valence-corrected chi connectivity index (χ0v) is 24.4. The molecule has 33 heavy (non-hydrogen) atoms. The monoisotopic (exact) mass is 494 g/mol. The van der Waals surface area contributed by atoms with Crippen LogP contribution in [-0.4, -0.2) is 18.5 Å². The first kappa shape index (κ1) is 34.9. The molecule has 0 unspecified atom stereocenters. The van der Waals surface area contributed by atoms with Crippen LogP contribution in [0.4, 0.5) is 0 Å². The van der Waals surface area contributed by atoms with Gasteiger partial charge in [0.1, 0.15) is 0 Å². The van der Waals surface area contributed by atoms with E-state index in [1.165, 1.54) is 83.5 Å². The summed E-state index contributed by atoms with van der Waals surface area (Å²) in [5.74, 6) is -3.21. The van der Waals surface area contributed by atoms with E-state index in [0.29, 0.717) is 0 Å². The second-order valence-corrected chi connectivity index (χ2v) is 7.91. The molecule has 0 aromatic heterocycles. The molecule has 0 atom stereocenters. The molecule has 6 nitrogen and oxygen atoms in total. The maximum Gasteiger partial charge on any atom is 1.00 e. The van der Waals surface area contributed by atoms with E-state index in [1.807, 2.05) is 0 Å². The average molecular weight is 495 g/mol. The fourth-order valence-electron chi connectivity index (χ4n) is 3.41. The van der Waals surface area contributed by atoms with Gasteiger partial charge in [0.2, 0.25) is 0 Å². The third kappa shape index (κ3) is 19.7. The van der Waals surface area contributed by atoms with Crippen LogP contribution in [0.1, 0.15) is 111 Å². The third-order valence-corrected chi connectivity index (χ3v) is 5.18. The Labute approximate surface area is 246 Å². The number of rotatable bonds is 25. The smallest absolute Gasteiger partial charge is 1.00 e. The van der Waals surface area contributed by atoms with E-state index in [-0.39, 0.29) is 59.4 Å². The normalized spacial score (nSPS) is 10.6. The Balaban J connectivity index is -0.00000480. The largest absolute Gasteiger partial charge is 1.00 e. The van der Waals surface area contributed by atoms with E-state index in [9.17, 15) is 4.79 Å². The Morgan fingerprint density at radius 2 is 1.00 bits per heavy atom. The van der Waals surface area contributed by atoms with Gasteiger partial charge >= 0.3 is 63.3 Å². The van der Waals surface area contributed by atoms with Crippen molar-refractivity contribution in [3.8, 4) is 0 Å². The standard InChI is InChI=1S/C26H46O6.K.H/c1-5-9-10-11-12-13-14-15-16-17-18-19-20-21-22-23-24-31-32-25(27)26(28-6-2,29-7-3)30-8-4;;/h6-8H,2-5,9-24H2,1H3;;/q;+1;-1. The molecule has 0 spiro atoms. The molecule has 0 amide bonds. The maximum absolute atomic E-state index is 12.1. The van der Waals surface area contributed by atoms with Gasteiger partial charge in [-0.3, -0.25) is 4.89 Å². The van der Waals surface area contributed by atoms with Crippen LogP contribution < -0.4 is 51.4 Å². The molecule has 0 aromatic rings. The van der Waals surface area contributed by atoms with Gasteiger partial charge in [0, 0.05) is 0 Å². The second kappa shape index (κ2) is 26.3. The minimum Gasteiger partial charge on any atom is -1.00 e. The summed E-state index contributed by atoms with van der Waals surface area (Å²) in [6, 6.07) is 0. The van der Waals surface area contributed by atoms with Crippen LogP contribution in [0.2, 0.25) is 0 Å². The summed E-state index contributed by atoms with van der Waals surface area (Å²) in [5, 5.41) is 0. The Kier molecular flexibility index (Phi) is 27.8. The molecule has 0 aliphatic heterocycles. The van der Waals surface area contributed by atoms with Crippen LogP contribution in [0.25, 0.3) is 0 Å². The topological polar surface area (TPSA) is 63.2 Å². The molecule has 0 rings (SSSR count). The van der Waals surface area contributed by atoms with Crippen molar-refractivity contribution >= 4 is 5.97 Å². The van der Waals surface area contributed by atoms with E-state index in [0.717, 1.165) is 38.0 Å². The molecular weight excluding hydrogens is 447 g/mol. The van der Waals surface area contributed by atoms with Crippen molar-refractivity contribution in [1.82, 2.24) is 0 Å². The zero-order chi connectivity index (χ0) is 23.8. The first-order valence-corrected chi connectivity index (χ1v) is 12.4. The molecular formula is C26H47KO6. The van der Waals surface area contributed by atoms with E-state index in [2.05, 4.69) is 26.7 Å². The van der Waals surface area contributed by atoms with Crippen molar-refractivity contribution in [2.45, 2.75) is 116 Å². The van der Waals surface area contributed by atoms with Crippen LogP contribution in [0.15, 0.2) is 38.5 Å². The van der Waals surface area contributed by atoms with Gasteiger partial charge in [-0.15, -0.1) is 0 Å². The quantitative estimate of drug-likeness (QED) is 0.0446. The minimum absolute atomic E-state index is 0. The summed E-state index contributed by atoms with van der Waals surface area (Å²) in [6.45, 7) is 12.7. The molecule has 0 saturated heterocycles. The number of carbonyl (C=O) groups excluding carboxylic acids is 1. The first-order chi connectivity index (χ1) is 15.7. The summed E-state index contributed by atoms with van der Waals surface area (Å²) in [5.41, 5.74) is 0. The van der Waals surface area contributed by atoms with Gasteiger partial charge in [-0.05, 0) is 6.42 Å². The minimum atomic E-state index is -2.19. The molecule has 0 aliphatic rings. The van der Waals surface area contributed by atoms with E-state index < -0.39 is 11.9 Å². The number of hydrogen-bond acceptors (Lipinski definition) is 6. The summed E-state index contributed by atoms with van der Waals surface area (Å²) in [4.78, 5) is 21.8. The molecule has 0 fully saturated rings. The molecule has 0 radical (unpaired) electrons. The molecule has 0 aromatic carbocycles. The van der Waals surface area contributed by atoms with Gasteiger partial charge in [-0.1, -0.05) is 123 Å². The van der Waals surface area contributed by atoms with Gasteiger partial charge in [0.15, 0.2) is 0 Å². The first-order valence-electron chi connectivity index (χ1n) is 12.4. The average Bonchev–Trinajstić information content (AvgIpc) is 2.78. The van der Waals surface area contributed by atoms with Crippen molar-refractivity contribution < 1.29 is 81.6 Å². The van der Waals surface area contributed by atoms with Gasteiger partial charge in [-0.2, -0.15) is 4.89 Å². The van der Waals surface area contributed by atoms with Crippen LogP contribution in [-0.2, 0) is 28.8 Å². The van der Waals surface area contributed by atoms with Gasteiger partial charge in [-0.25, -0.2) is 4.79 Å². The Morgan fingerprint density at radius 1 is 0.667 bits per heavy atom. The van der Waals surface area contributed by atoms with Crippen molar-refractivity contribution in [1.29, 1.82) is 0 Å². The van der Waals surface area contributed by atoms with Gasteiger partial charge < -0.3 is 15.6 Å². The fraction of sp³-hybridized carbons (Fsp3) is 0.731. The molecule has 0 bridgehead atoms. The van der Waals surface area contributed by atoms with Gasteiger partial charge in [0.05, 0.1) is 25.4 Å². The second-order valence-electron chi connectivity index (χ2n) is 7.91. The number of ether oxygens (including phenoxy) is 3. The number of carbonyl (C=O) groups is 1. The summed E-state index contributed by atoms with van der Waals surface area (Å²) >= 11 is 0. The van der Waals surface area contributed by atoms with E-state index in [1.54, 1.807) is 0 Å². The predicted molar refractivity (Wildman–Crippen MR) is 129 cm³/mol. The summed E-state index contributed by atoms with van der Waals surface area (Å²) < 4.78 is 14.9. The van der Waals surface area contributed by atoms with Crippen molar-refractivity contribution in [2.24, 2.45) is 0 Å². The fourth-order valence-corrected chi connectivity index (χ4v) is 3.41. The Morgan fingerprint density at radius 3 is 1.33 bits per heavy atom. The van der Waals surface area contributed by atoms with Crippen LogP contribution in [0, 0.1) is 0 Å². The van der Waals surface area contributed by atoms with Crippen molar-refractivity contribution in [3.63, 3.8) is 0 Å². The molecule has 0 saturated carbocycles. The van der Waals surface area contributed by atoms with Crippen LogP contribution in [0.5, 0.6) is 0 Å². The molecule has 0 N–H and O–H groups in total. The number of unbranched alkanes of at least 4 members (excludes halogenated alkanes) is 15. The van der Waals surface area contributed by atoms with E-state index >= 15 is 0 Å². The SMILES string of the molecule is C=COC(OC=C)(OC=C)C(=O)OOCCCCCCCCCCCCCCCCCC.[H-].[K+]. The molecule has 0 heterocycles. The third-order valence-electron chi connectivity index (χ3n) is 5.18. The summed E-state index contributed by atoms with van der Waals surface area (Å²) in [6.07, 6.45) is 23.7. The zero-order valence-electron chi connectivity index (χ0n) is 22.3. The maximum atomic E-state index is 12.1. The predicted octanol–water partition coefficient (Wildman–Crippen LogP) is 4.97. The van der Waals surface area contributed by atoms with Gasteiger partial charge in [0.25, 0.3) is 0 Å². The summed E-state index contributed by atoms with van der Waals surface area (Å²) in [7, 11) is 0. The molecule has 0 aliphatic carbocycles. The molecule has 188 valence electrons. The van der Waals surface area contributed by atoms with Crippen LogP contribution >= 0.6 is 0 Å². The van der Waals surface area contributed by atoms with Crippen molar-refractivity contribution in [3.05, 3.63) is 38.5 Å². The van der Waals surface area contributed by atoms with Crippen LogP contribution in [0.3, 0.4) is 0 Å². The molecule has 7 heteroatoms. The number of hydrogen-bond donors (Lipinski definition) is 0. The Bertz CT molecular complexity index is 463.